The molecule has 0 spiro atoms. The maximum Gasteiger partial charge on any atom is 0.0805 e. The molecule has 1 saturated heterocycles. The van der Waals surface area contributed by atoms with Gasteiger partial charge >= 0.3 is 0 Å². The lowest BCUT2D eigenvalue weighted by molar-refractivity contribution is -0.132. The Morgan fingerprint density at radius 3 is 2.59 bits per heavy atom. The van der Waals surface area contributed by atoms with E-state index in [2.05, 4.69) is 33.0 Å². The molecule has 0 aliphatic carbocycles. The van der Waals surface area contributed by atoms with Crippen molar-refractivity contribution in [2.45, 2.75) is 77.9 Å². The van der Waals surface area contributed by atoms with E-state index in [1.807, 2.05) is 0 Å². The fraction of sp³-hybridized carbons (Fsp3) is 1.00. The average molecular weight is 241 g/mol. The van der Waals surface area contributed by atoms with Crippen molar-refractivity contribution in [3.63, 3.8) is 0 Å². The fourth-order valence-corrected chi connectivity index (χ4v) is 2.42. The highest BCUT2D eigenvalue weighted by atomic mass is 16.5. The molecule has 1 heterocycles. The number of unbranched alkanes of at least 4 members (excludes halogenated alkanes) is 4. The molecule has 0 bridgehead atoms. The van der Waals surface area contributed by atoms with E-state index >= 15 is 0 Å². The zero-order valence-corrected chi connectivity index (χ0v) is 12.2. The van der Waals surface area contributed by atoms with Gasteiger partial charge in [0, 0.05) is 13.1 Å². The Balaban J connectivity index is 2.21. The van der Waals surface area contributed by atoms with Crippen LogP contribution >= 0.6 is 0 Å². The normalized spacial score (nSPS) is 29.8. The summed E-state index contributed by atoms with van der Waals surface area (Å²) in [4.78, 5) is 0. The summed E-state index contributed by atoms with van der Waals surface area (Å²) in [7, 11) is 0. The predicted octanol–water partition coefficient (Wildman–Crippen LogP) is 3.75. The van der Waals surface area contributed by atoms with E-state index in [1.165, 1.54) is 38.5 Å². The van der Waals surface area contributed by atoms with Crippen molar-refractivity contribution in [3.05, 3.63) is 0 Å². The van der Waals surface area contributed by atoms with Crippen molar-refractivity contribution in [2.75, 3.05) is 13.1 Å². The van der Waals surface area contributed by atoms with Gasteiger partial charge in [-0.3, -0.25) is 0 Å². The summed E-state index contributed by atoms with van der Waals surface area (Å²) in [6.45, 7) is 11.1. The van der Waals surface area contributed by atoms with Gasteiger partial charge in [-0.05, 0) is 19.3 Å². The molecular formula is C15H31NO. The smallest absolute Gasteiger partial charge is 0.0805 e. The van der Waals surface area contributed by atoms with Crippen LogP contribution in [0.2, 0.25) is 0 Å². The number of nitrogens with one attached hydrogen (secondary N) is 1. The average Bonchev–Trinajstić information content (AvgIpc) is 2.29. The fourth-order valence-electron chi connectivity index (χ4n) is 2.42. The van der Waals surface area contributed by atoms with Gasteiger partial charge < -0.3 is 10.1 Å². The lowest BCUT2D eigenvalue weighted by Crippen LogP contribution is -2.54. The van der Waals surface area contributed by atoms with Crippen molar-refractivity contribution >= 4 is 0 Å². The first-order valence-electron chi connectivity index (χ1n) is 7.47. The highest BCUT2D eigenvalue weighted by Gasteiger charge is 2.35. The molecule has 1 N–H and O–H groups in total. The first-order valence-corrected chi connectivity index (χ1v) is 7.47. The van der Waals surface area contributed by atoms with Gasteiger partial charge in [-0.2, -0.15) is 0 Å². The van der Waals surface area contributed by atoms with E-state index in [4.69, 9.17) is 4.74 Å². The summed E-state index contributed by atoms with van der Waals surface area (Å²) in [5.41, 5.74) is 0.0341. The van der Waals surface area contributed by atoms with Gasteiger partial charge in [0.1, 0.15) is 0 Å². The maximum atomic E-state index is 6.28. The Morgan fingerprint density at radius 1 is 1.24 bits per heavy atom. The highest BCUT2D eigenvalue weighted by molar-refractivity contribution is 4.87. The standard InChI is InChI=1S/C15H31NO/c1-5-6-7-8-9-10-14-11-16-12-15(4,17-14)13(2)3/h13-14,16H,5-12H2,1-4H3. The van der Waals surface area contributed by atoms with Crippen LogP contribution in [0.4, 0.5) is 0 Å². The largest absolute Gasteiger partial charge is 0.369 e. The van der Waals surface area contributed by atoms with Gasteiger partial charge in [0.15, 0.2) is 0 Å². The zero-order chi connectivity index (χ0) is 12.7. The molecule has 1 aliphatic heterocycles. The molecule has 17 heavy (non-hydrogen) atoms. The van der Waals surface area contributed by atoms with Crippen molar-refractivity contribution in [1.29, 1.82) is 0 Å². The lowest BCUT2D eigenvalue weighted by Gasteiger charge is -2.42. The van der Waals surface area contributed by atoms with Gasteiger partial charge in [-0.15, -0.1) is 0 Å². The molecule has 0 aromatic carbocycles. The Kier molecular flexibility index (Phi) is 6.50. The van der Waals surface area contributed by atoms with E-state index in [9.17, 15) is 0 Å². The molecule has 102 valence electrons. The number of morpholine rings is 1. The summed E-state index contributed by atoms with van der Waals surface area (Å²) >= 11 is 0. The van der Waals surface area contributed by atoms with E-state index in [-0.39, 0.29) is 5.60 Å². The van der Waals surface area contributed by atoms with Crippen LogP contribution in [0.1, 0.15) is 66.2 Å². The zero-order valence-electron chi connectivity index (χ0n) is 12.2. The molecule has 2 heteroatoms. The summed E-state index contributed by atoms with van der Waals surface area (Å²) in [5.74, 6) is 0.581. The van der Waals surface area contributed by atoms with Crippen LogP contribution in [0.15, 0.2) is 0 Å². The molecule has 2 nitrogen and oxygen atoms in total. The molecule has 2 unspecified atom stereocenters. The second kappa shape index (κ2) is 7.38. The summed E-state index contributed by atoms with van der Waals surface area (Å²) in [6.07, 6.45) is 8.43. The van der Waals surface area contributed by atoms with Crippen molar-refractivity contribution in [2.24, 2.45) is 5.92 Å². The SMILES string of the molecule is CCCCCCCC1CNCC(C)(C(C)C)O1. The monoisotopic (exact) mass is 241 g/mol. The second-order valence-electron chi connectivity index (χ2n) is 6.04. The van der Waals surface area contributed by atoms with Gasteiger partial charge in [0.05, 0.1) is 11.7 Å². The van der Waals surface area contributed by atoms with Crippen molar-refractivity contribution in [3.8, 4) is 0 Å². The van der Waals surface area contributed by atoms with Crippen LogP contribution < -0.4 is 5.32 Å². The Hall–Kier alpha value is -0.0800. The molecule has 0 aromatic rings. The third-order valence-electron chi connectivity index (χ3n) is 4.13. The molecule has 0 saturated carbocycles. The molecule has 1 aliphatic rings. The minimum atomic E-state index is 0.0341. The van der Waals surface area contributed by atoms with Gasteiger partial charge in [-0.25, -0.2) is 0 Å². The van der Waals surface area contributed by atoms with Crippen LogP contribution in [-0.4, -0.2) is 24.8 Å². The molecule has 0 aromatic heterocycles. The first kappa shape index (κ1) is 15.0. The quantitative estimate of drug-likeness (QED) is 0.685. The van der Waals surface area contributed by atoms with Crippen LogP contribution in [0.3, 0.4) is 0 Å². The molecule has 1 rings (SSSR count). The Bertz CT molecular complexity index is 205. The van der Waals surface area contributed by atoms with E-state index in [0.29, 0.717) is 12.0 Å². The third-order valence-corrected chi connectivity index (χ3v) is 4.13. The predicted molar refractivity (Wildman–Crippen MR) is 74.4 cm³/mol. The lowest BCUT2D eigenvalue weighted by atomic mass is 9.90. The number of ether oxygens (including phenoxy) is 1. The summed E-state index contributed by atoms with van der Waals surface area (Å²) in [6, 6.07) is 0. The maximum absolute atomic E-state index is 6.28. The second-order valence-corrected chi connectivity index (χ2v) is 6.04. The van der Waals surface area contributed by atoms with Gasteiger partial charge in [0.25, 0.3) is 0 Å². The third kappa shape index (κ3) is 4.97. The van der Waals surface area contributed by atoms with Gasteiger partial charge in [-0.1, -0.05) is 52.9 Å². The number of hydrogen-bond acceptors (Lipinski definition) is 2. The van der Waals surface area contributed by atoms with Crippen LogP contribution in [0.25, 0.3) is 0 Å². The van der Waals surface area contributed by atoms with Crippen LogP contribution in [-0.2, 0) is 4.74 Å². The molecule has 0 amide bonds. The highest BCUT2D eigenvalue weighted by Crippen LogP contribution is 2.26. The van der Waals surface area contributed by atoms with Gasteiger partial charge in [0.2, 0.25) is 0 Å². The minimum Gasteiger partial charge on any atom is -0.369 e. The number of hydrogen-bond donors (Lipinski definition) is 1. The molecule has 0 radical (unpaired) electrons. The topological polar surface area (TPSA) is 21.3 Å². The van der Waals surface area contributed by atoms with E-state index < -0.39 is 0 Å². The van der Waals surface area contributed by atoms with E-state index in [0.717, 1.165) is 13.1 Å². The Morgan fingerprint density at radius 2 is 1.94 bits per heavy atom. The Labute approximate surface area is 108 Å². The van der Waals surface area contributed by atoms with Crippen molar-refractivity contribution in [1.82, 2.24) is 5.32 Å². The summed E-state index contributed by atoms with van der Waals surface area (Å²) < 4.78 is 6.28. The van der Waals surface area contributed by atoms with Crippen molar-refractivity contribution < 1.29 is 4.74 Å². The van der Waals surface area contributed by atoms with E-state index in [1.54, 1.807) is 0 Å². The van der Waals surface area contributed by atoms with Crippen LogP contribution in [0, 0.1) is 5.92 Å². The minimum absolute atomic E-state index is 0.0341. The van der Waals surface area contributed by atoms with Crippen LogP contribution in [0.5, 0.6) is 0 Å². The first-order chi connectivity index (χ1) is 8.08. The summed E-state index contributed by atoms with van der Waals surface area (Å²) in [5, 5.41) is 3.53. The molecular weight excluding hydrogens is 210 g/mol. The molecule has 2 atom stereocenters. The molecule has 1 fully saturated rings. The number of rotatable bonds is 7.